The number of hydrogen-bond acceptors (Lipinski definition) is 2. The lowest BCUT2D eigenvalue weighted by molar-refractivity contribution is -0.377. The molecule has 2 saturated heterocycles. The zero-order chi connectivity index (χ0) is 14.9. The van der Waals surface area contributed by atoms with E-state index in [1.165, 1.54) is 12.8 Å². The van der Waals surface area contributed by atoms with Crippen LogP contribution in [0.15, 0.2) is 42.7 Å². The van der Waals surface area contributed by atoms with E-state index in [0.29, 0.717) is 18.2 Å². The quantitative estimate of drug-likeness (QED) is 0.941. The third-order valence-corrected chi connectivity index (χ3v) is 4.87. The number of rotatable bonds is 3. The summed E-state index contributed by atoms with van der Waals surface area (Å²) < 4.78 is 6.25. The number of fused-ring (bicyclic) bond motifs is 2. The standard InChI is InChI=1S/C18H19ClN2O/c19-14-7-13(12-3-5-20-6-4-12)8-17(9-14)22-18-10-15-1-2-16(11-18)21-15/h3-9,15-16,18,21H,1-2,10-11H2/p+1/t15-,16+,18?. The molecule has 4 heteroatoms. The molecule has 0 radical (unpaired) electrons. The summed E-state index contributed by atoms with van der Waals surface area (Å²) in [7, 11) is 0. The maximum absolute atomic E-state index is 6.29. The maximum atomic E-state index is 6.29. The van der Waals surface area contributed by atoms with Gasteiger partial charge >= 0.3 is 0 Å². The molecule has 2 aromatic rings. The van der Waals surface area contributed by atoms with Crippen molar-refractivity contribution in [2.75, 3.05) is 0 Å². The highest BCUT2D eigenvalue weighted by molar-refractivity contribution is 6.31. The van der Waals surface area contributed by atoms with Gasteiger partial charge in [-0.25, -0.2) is 4.98 Å². The minimum absolute atomic E-state index is 0.300. The molecule has 1 aromatic heterocycles. The molecule has 1 aromatic carbocycles. The van der Waals surface area contributed by atoms with Crippen LogP contribution >= 0.6 is 11.6 Å². The van der Waals surface area contributed by atoms with E-state index in [0.717, 1.165) is 34.7 Å². The highest BCUT2D eigenvalue weighted by Gasteiger charge is 2.34. The largest absolute Gasteiger partial charge is 0.490 e. The Morgan fingerprint density at radius 3 is 2.45 bits per heavy atom. The van der Waals surface area contributed by atoms with Crippen LogP contribution in [0.5, 0.6) is 5.75 Å². The van der Waals surface area contributed by atoms with Crippen LogP contribution in [0.2, 0.25) is 5.02 Å². The Bertz CT molecular complexity index is 649. The van der Waals surface area contributed by atoms with E-state index in [-0.39, 0.29) is 0 Å². The van der Waals surface area contributed by atoms with Gasteiger partial charge in [0.2, 0.25) is 0 Å². The summed E-state index contributed by atoms with van der Waals surface area (Å²) in [6.07, 6.45) is 8.89. The fraction of sp³-hybridized carbons (Fsp3) is 0.389. The molecular weight excluding hydrogens is 296 g/mol. The van der Waals surface area contributed by atoms with Gasteiger partial charge in [-0.3, -0.25) is 0 Å². The van der Waals surface area contributed by atoms with E-state index in [1.807, 2.05) is 36.7 Å². The van der Waals surface area contributed by atoms with E-state index in [1.54, 1.807) is 0 Å². The number of hydrogen-bond donors (Lipinski definition) is 1. The lowest BCUT2D eigenvalue weighted by atomic mass is 10.0. The van der Waals surface area contributed by atoms with E-state index in [4.69, 9.17) is 16.3 Å². The monoisotopic (exact) mass is 315 g/mol. The van der Waals surface area contributed by atoms with Gasteiger partial charge in [0.05, 0.1) is 0 Å². The molecule has 22 heavy (non-hydrogen) atoms. The highest BCUT2D eigenvalue weighted by atomic mass is 35.5. The molecule has 0 spiro atoms. The predicted molar refractivity (Wildman–Crippen MR) is 87.0 cm³/mol. The van der Waals surface area contributed by atoms with Crippen molar-refractivity contribution in [3.8, 4) is 16.9 Å². The first-order valence-electron chi connectivity index (χ1n) is 7.96. The first-order valence-corrected chi connectivity index (χ1v) is 8.34. The van der Waals surface area contributed by atoms with Gasteiger partial charge in [0, 0.05) is 29.2 Å². The van der Waals surface area contributed by atoms with E-state index in [9.17, 15) is 0 Å². The summed E-state index contributed by atoms with van der Waals surface area (Å²) in [5.41, 5.74) is 2.23. The number of aromatic amines is 1. The van der Waals surface area contributed by atoms with E-state index in [2.05, 4.69) is 16.4 Å². The molecular formula is C18H20ClN2O+. The number of halogens is 1. The first-order chi connectivity index (χ1) is 10.8. The molecule has 4 rings (SSSR count). The number of nitrogens with one attached hydrogen (secondary N) is 2. The molecule has 114 valence electrons. The van der Waals surface area contributed by atoms with Gasteiger partial charge in [0.15, 0.2) is 12.4 Å². The first kappa shape index (κ1) is 14.0. The van der Waals surface area contributed by atoms with Gasteiger partial charge < -0.3 is 10.1 Å². The Morgan fingerprint density at radius 2 is 1.73 bits per heavy atom. The zero-order valence-corrected chi connectivity index (χ0v) is 13.1. The molecule has 0 amide bonds. The van der Waals surface area contributed by atoms with Crippen molar-refractivity contribution >= 4 is 11.6 Å². The fourth-order valence-corrected chi connectivity index (χ4v) is 3.90. The van der Waals surface area contributed by atoms with Crippen LogP contribution in [0.25, 0.3) is 11.1 Å². The highest BCUT2D eigenvalue weighted by Crippen LogP contribution is 2.32. The molecule has 2 aliphatic rings. The summed E-state index contributed by atoms with van der Waals surface area (Å²) >= 11 is 6.29. The van der Waals surface area contributed by atoms with Crippen LogP contribution in [0, 0.1) is 0 Å². The number of pyridine rings is 1. The predicted octanol–water partition coefficient (Wildman–Crippen LogP) is 3.48. The molecule has 2 bridgehead atoms. The van der Waals surface area contributed by atoms with Crippen LogP contribution in [-0.4, -0.2) is 18.2 Å². The van der Waals surface area contributed by atoms with Gasteiger partial charge in [0.1, 0.15) is 11.9 Å². The topological polar surface area (TPSA) is 35.4 Å². The van der Waals surface area contributed by atoms with Gasteiger partial charge in [-0.1, -0.05) is 11.6 Å². The Balaban J connectivity index is 1.56. The van der Waals surface area contributed by atoms with Crippen LogP contribution < -0.4 is 15.0 Å². The van der Waals surface area contributed by atoms with Gasteiger partial charge in [0.25, 0.3) is 0 Å². The van der Waals surface area contributed by atoms with Crippen molar-refractivity contribution in [2.24, 2.45) is 0 Å². The van der Waals surface area contributed by atoms with Crippen molar-refractivity contribution in [3.63, 3.8) is 0 Å². The number of H-pyrrole nitrogens is 1. The third kappa shape index (κ3) is 2.96. The minimum atomic E-state index is 0.300. The molecule has 2 N–H and O–H groups in total. The Kier molecular flexibility index (Phi) is 3.77. The Morgan fingerprint density at radius 1 is 1.00 bits per heavy atom. The van der Waals surface area contributed by atoms with E-state index >= 15 is 0 Å². The van der Waals surface area contributed by atoms with Crippen LogP contribution in [0.3, 0.4) is 0 Å². The molecule has 3 heterocycles. The summed E-state index contributed by atoms with van der Waals surface area (Å²) in [6.45, 7) is 0. The second-order valence-electron chi connectivity index (χ2n) is 6.31. The Hall–Kier alpha value is -1.58. The average Bonchev–Trinajstić information content (AvgIpc) is 2.86. The lowest BCUT2D eigenvalue weighted by Gasteiger charge is -2.29. The fourth-order valence-electron chi connectivity index (χ4n) is 3.67. The molecule has 1 unspecified atom stereocenters. The summed E-state index contributed by atoms with van der Waals surface area (Å²) in [4.78, 5) is 3.04. The van der Waals surface area contributed by atoms with Crippen LogP contribution in [0.4, 0.5) is 0 Å². The maximum Gasteiger partial charge on any atom is 0.167 e. The van der Waals surface area contributed by atoms with Gasteiger partial charge in [-0.2, -0.15) is 0 Å². The zero-order valence-electron chi connectivity index (χ0n) is 12.4. The SMILES string of the molecule is Clc1cc(OC2C[C@H]3CC[C@@H](C2)N3)cc(-c2cc[nH+]cc2)c1. The second-order valence-corrected chi connectivity index (χ2v) is 6.75. The van der Waals surface area contributed by atoms with Crippen molar-refractivity contribution in [3.05, 3.63) is 47.7 Å². The van der Waals surface area contributed by atoms with Crippen molar-refractivity contribution in [1.29, 1.82) is 0 Å². The normalized spacial score (nSPS) is 26.9. The van der Waals surface area contributed by atoms with E-state index < -0.39 is 0 Å². The molecule has 0 aliphatic carbocycles. The molecule has 0 saturated carbocycles. The average molecular weight is 316 g/mol. The number of piperidine rings is 1. The number of benzene rings is 1. The Labute approximate surface area is 135 Å². The van der Waals surface area contributed by atoms with Gasteiger partial charge in [-0.15, -0.1) is 0 Å². The molecule has 3 nitrogen and oxygen atoms in total. The second kappa shape index (κ2) is 5.90. The third-order valence-electron chi connectivity index (χ3n) is 4.66. The van der Waals surface area contributed by atoms with Crippen LogP contribution in [-0.2, 0) is 0 Å². The summed E-state index contributed by atoms with van der Waals surface area (Å²) in [5.74, 6) is 0.877. The summed E-state index contributed by atoms with van der Waals surface area (Å²) in [6, 6.07) is 11.3. The van der Waals surface area contributed by atoms with Gasteiger partial charge in [-0.05, 0) is 55.0 Å². The van der Waals surface area contributed by atoms with Crippen molar-refractivity contribution < 1.29 is 9.72 Å². The minimum Gasteiger partial charge on any atom is -0.490 e. The van der Waals surface area contributed by atoms with Crippen molar-refractivity contribution in [2.45, 2.75) is 43.9 Å². The summed E-state index contributed by atoms with van der Waals surface area (Å²) in [5, 5.41) is 4.36. The molecule has 2 fully saturated rings. The number of aromatic nitrogens is 1. The molecule has 2 aliphatic heterocycles. The van der Waals surface area contributed by atoms with Crippen LogP contribution in [0.1, 0.15) is 25.7 Å². The number of ether oxygens (including phenoxy) is 1. The van der Waals surface area contributed by atoms with Crippen molar-refractivity contribution in [1.82, 2.24) is 5.32 Å². The molecule has 3 atom stereocenters. The lowest BCUT2D eigenvalue weighted by Crippen LogP contribution is -2.42. The smallest absolute Gasteiger partial charge is 0.167 e.